The Balaban J connectivity index is 2.21. The van der Waals surface area contributed by atoms with Crippen molar-refractivity contribution in [3.63, 3.8) is 0 Å². The second kappa shape index (κ2) is 4.74. The summed E-state index contributed by atoms with van der Waals surface area (Å²) >= 11 is 0. The van der Waals surface area contributed by atoms with E-state index in [9.17, 15) is 14.0 Å². The lowest BCUT2D eigenvalue weighted by Crippen LogP contribution is -2.47. The molecule has 0 bridgehead atoms. The molecule has 0 aromatic heterocycles. The molecule has 2 amide bonds. The fourth-order valence-corrected chi connectivity index (χ4v) is 2.13. The van der Waals surface area contributed by atoms with E-state index < -0.39 is 11.9 Å². The lowest BCUT2D eigenvalue weighted by molar-refractivity contribution is -0.121. The van der Waals surface area contributed by atoms with Gasteiger partial charge in [-0.2, -0.15) is 0 Å². The van der Waals surface area contributed by atoms with E-state index in [1.807, 2.05) is 20.8 Å². The lowest BCUT2D eigenvalue weighted by Gasteiger charge is -2.24. The van der Waals surface area contributed by atoms with Crippen molar-refractivity contribution in [3.05, 3.63) is 30.1 Å². The number of hydrogen-bond acceptors (Lipinski definition) is 3. The molecule has 2 rings (SSSR count). The molecule has 1 saturated heterocycles. The molecule has 1 aliphatic rings. The number of nitrogens with zero attached hydrogens (tertiary/aromatic N) is 1. The van der Waals surface area contributed by atoms with Crippen molar-refractivity contribution in [2.75, 3.05) is 4.90 Å². The molecular weight excluding hydrogens is 247 g/mol. The summed E-state index contributed by atoms with van der Waals surface area (Å²) in [7, 11) is 0. The van der Waals surface area contributed by atoms with Crippen LogP contribution in [0.5, 0.6) is 0 Å². The Morgan fingerprint density at radius 2 is 1.79 bits per heavy atom. The molecule has 1 aromatic carbocycles. The minimum absolute atomic E-state index is 0.132. The summed E-state index contributed by atoms with van der Waals surface area (Å²) in [5, 5.41) is 3.12. The largest absolute Gasteiger partial charge is 0.301 e. The van der Waals surface area contributed by atoms with Crippen molar-refractivity contribution in [1.29, 1.82) is 0 Å². The van der Waals surface area contributed by atoms with E-state index in [1.54, 1.807) is 0 Å². The molecule has 1 fully saturated rings. The number of anilines is 1. The first-order valence-corrected chi connectivity index (χ1v) is 6.18. The summed E-state index contributed by atoms with van der Waals surface area (Å²) in [5.74, 6) is -0.947. The molecule has 4 nitrogen and oxygen atoms in total. The van der Waals surface area contributed by atoms with Crippen molar-refractivity contribution in [2.45, 2.75) is 38.8 Å². The minimum atomic E-state index is -0.516. The topological polar surface area (TPSA) is 49.4 Å². The van der Waals surface area contributed by atoms with Crippen LogP contribution in [-0.4, -0.2) is 23.4 Å². The van der Waals surface area contributed by atoms with Crippen molar-refractivity contribution in [3.8, 4) is 0 Å². The highest BCUT2D eigenvalue weighted by atomic mass is 19.1. The van der Waals surface area contributed by atoms with E-state index in [4.69, 9.17) is 0 Å². The fraction of sp³-hybridized carbons (Fsp3) is 0.429. The highest BCUT2D eigenvalue weighted by Gasteiger charge is 2.40. The van der Waals surface area contributed by atoms with Crippen LogP contribution in [0.3, 0.4) is 0 Å². The summed E-state index contributed by atoms with van der Waals surface area (Å²) in [6.45, 7) is 5.81. The number of nitrogens with one attached hydrogen (secondary N) is 1. The molecule has 1 aliphatic heterocycles. The molecule has 5 heteroatoms. The maximum Gasteiger partial charge on any atom is 0.251 e. The van der Waals surface area contributed by atoms with Gasteiger partial charge in [0.25, 0.3) is 5.91 Å². The van der Waals surface area contributed by atoms with Gasteiger partial charge in [-0.25, -0.2) is 9.29 Å². The molecule has 1 aromatic rings. The quantitative estimate of drug-likeness (QED) is 0.829. The van der Waals surface area contributed by atoms with Crippen molar-refractivity contribution < 1.29 is 14.0 Å². The third-order valence-electron chi connectivity index (χ3n) is 2.84. The molecule has 0 aliphatic carbocycles. The smallest absolute Gasteiger partial charge is 0.251 e. The van der Waals surface area contributed by atoms with E-state index in [-0.39, 0.29) is 23.8 Å². The number of hydrogen-bond donors (Lipinski definition) is 1. The van der Waals surface area contributed by atoms with Crippen molar-refractivity contribution in [2.24, 2.45) is 0 Å². The van der Waals surface area contributed by atoms with Crippen LogP contribution in [0.15, 0.2) is 24.3 Å². The highest BCUT2D eigenvalue weighted by molar-refractivity contribution is 6.22. The number of amides is 2. The molecule has 1 heterocycles. The van der Waals surface area contributed by atoms with Crippen LogP contribution in [-0.2, 0) is 9.59 Å². The summed E-state index contributed by atoms with van der Waals surface area (Å²) < 4.78 is 12.9. The Labute approximate surface area is 111 Å². The summed E-state index contributed by atoms with van der Waals surface area (Å²) in [5.41, 5.74) is 0.161. The number of halogens is 1. The zero-order valence-corrected chi connectivity index (χ0v) is 11.2. The molecular formula is C14H17FN2O2. The van der Waals surface area contributed by atoms with Crippen LogP contribution in [0, 0.1) is 5.82 Å². The van der Waals surface area contributed by atoms with Gasteiger partial charge in [0.15, 0.2) is 0 Å². The maximum atomic E-state index is 12.9. The first-order valence-electron chi connectivity index (χ1n) is 6.18. The van der Waals surface area contributed by atoms with Gasteiger partial charge in [0.1, 0.15) is 5.82 Å². The van der Waals surface area contributed by atoms with Crippen molar-refractivity contribution in [1.82, 2.24) is 5.32 Å². The average molecular weight is 264 g/mol. The SMILES string of the molecule is CC(C)(C)NC1CC(=O)N(c2ccc(F)cc2)C1=O. The van der Waals surface area contributed by atoms with Crippen LogP contribution >= 0.6 is 0 Å². The molecule has 1 N–H and O–H groups in total. The number of carbonyl (C=O) groups excluding carboxylic acids is 2. The predicted molar refractivity (Wildman–Crippen MR) is 70.2 cm³/mol. The number of rotatable bonds is 2. The number of benzene rings is 1. The predicted octanol–water partition coefficient (Wildman–Crippen LogP) is 1.85. The van der Waals surface area contributed by atoms with Crippen molar-refractivity contribution >= 4 is 17.5 Å². The van der Waals surface area contributed by atoms with Crippen LogP contribution in [0.2, 0.25) is 0 Å². The maximum absolute atomic E-state index is 12.9. The van der Waals surface area contributed by atoms with Gasteiger partial charge in [0.05, 0.1) is 18.2 Å². The van der Waals surface area contributed by atoms with Crippen LogP contribution in [0.25, 0.3) is 0 Å². The average Bonchev–Trinajstić information content (AvgIpc) is 2.54. The summed E-state index contributed by atoms with van der Waals surface area (Å²) in [6.07, 6.45) is 0.132. The van der Waals surface area contributed by atoms with Gasteiger partial charge in [-0.3, -0.25) is 9.59 Å². The Bertz CT molecular complexity index is 505. The first kappa shape index (κ1) is 13.7. The van der Waals surface area contributed by atoms with Crippen LogP contribution in [0.1, 0.15) is 27.2 Å². The molecule has 0 saturated carbocycles. The second-order valence-electron chi connectivity index (χ2n) is 5.69. The normalized spacial score (nSPS) is 20.2. The third kappa shape index (κ3) is 2.98. The standard InChI is InChI=1S/C14H17FN2O2/c1-14(2,3)16-11-8-12(18)17(13(11)19)10-6-4-9(15)5-7-10/h4-7,11,16H,8H2,1-3H3. The second-order valence-corrected chi connectivity index (χ2v) is 5.69. The Morgan fingerprint density at radius 1 is 1.21 bits per heavy atom. The molecule has 1 unspecified atom stereocenters. The van der Waals surface area contributed by atoms with E-state index in [2.05, 4.69) is 5.32 Å². The van der Waals surface area contributed by atoms with E-state index in [1.165, 1.54) is 24.3 Å². The molecule has 1 atom stereocenters. The van der Waals surface area contributed by atoms with Gasteiger partial charge in [-0.15, -0.1) is 0 Å². The minimum Gasteiger partial charge on any atom is -0.301 e. The number of carbonyl (C=O) groups is 2. The highest BCUT2D eigenvalue weighted by Crippen LogP contribution is 2.24. The van der Waals surface area contributed by atoms with Gasteiger partial charge in [0.2, 0.25) is 5.91 Å². The summed E-state index contributed by atoms with van der Waals surface area (Å²) in [4.78, 5) is 25.3. The Hall–Kier alpha value is -1.75. The molecule has 0 spiro atoms. The monoisotopic (exact) mass is 264 g/mol. The number of imide groups is 1. The van der Waals surface area contributed by atoms with Gasteiger partial charge < -0.3 is 5.32 Å². The Morgan fingerprint density at radius 3 is 2.32 bits per heavy atom. The zero-order valence-electron chi connectivity index (χ0n) is 11.2. The first-order chi connectivity index (χ1) is 8.78. The lowest BCUT2D eigenvalue weighted by atomic mass is 10.1. The van der Waals surface area contributed by atoms with E-state index >= 15 is 0 Å². The van der Waals surface area contributed by atoms with Gasteiger partial charge in [0, 0.05) is 5.54 Å². The third-order valence-corrected chi connectivity index (χ3v) is 2.84. The molecule has 102 valence electrons. The zero-order chi connectivity index (χ0) is 14.2. The molecule has 0 radical (unpaired) electrons. The van der Waals surface area contributed by atoms with Gasteiger partial charge >= 0.3 is 0 Å². The fourth-order valence-electron chi connectivity index (χ4n) is 2.13. The van der Waals surface area contributed by atoms with E-state index in [0.717, 1.165) is 4.90 Å². The van der Waals surface area contributed by atoms with E-state index in [0.29, 0.717) is 5.69 Å². The summed E-state index contributed by atoms with van der Waals surface area (Å²) in [6, 6.07) is 4.83. The van der Waals surface area contributed by atoms with Crippen LogP contribution < -0.4 is 10.2 Å². The van der Waals surface area contributed by atoms with Crippen LogP contribution in [0.4, 0.5) is 10.1 Å². The Kier molecular flexibility index (Phi) is 3.41. The molecule has 19 heavy (non-hydrogen) atoms. The van der Waals surface area contributed by atoms with Gasteiger partial charge in [-0.1, -0.05) is 0 Å². The van der Waals surface area contributed by atoms with Gasteiger partial charge in [-0.05, 0) is 45.0 Å².